The summed E-state index contributed by atoms with van der Waals surface area (Å²) in [4.78, 5) is 0. The molecule has 0 saturated heterocycles. The summed E-state index contributed by atoms with van der Waals surface area (Å²) in [6.07, 6.45) is 9.74. The molecule has 0 aromatic heterocycles. The summed E-state index contributed by atoms with van der Waals surface area (Å²) in [5, 5.41) is 0. The summed E-state index contributed by atoms with van der Waals surface area (Å²) in [7, 11) is 0. The van der Waals surface area contributed by atoms with Crippen LogP contribution in [0.2, 0.25) is 0 Å². The van der Waals surface area contributed by atoms with Gasteiger partial charge in [0.15, 0.2) is 0 Å². The van der Waals surface area contributed by atoms with Crippen LogP contribution in [0.3, 0.4) is 0 Å². The van der Waals surface area contributed by atoms with E-state index in [0.717, 1.165) is 11.8 Å². The molecule has 2 saturated carbocycles. The van der Waals surface area contributed by atoms with Crippen molar-refractivity contribution in [3.8, 4) is 0 Å². The Morgan fingerprint density at radius 3 is 1.68 bits per heavy atom. The normalized spacial score (nSPS) is 25.8. The molecule has 0 heterocycles. The minimum absolute atomic E-state index is 0.421. The minimum atomic E-state index is 0.421. The molecule has 2 aliphatic carbocycles. The summed E-state index contributed by atoms with van der Waals surface area (Å²) in [6.45, 7) is 0. The van der Waals surface area contributed by atoms with Crippen LogP contribution in [0.4, 0.5) is 0 Å². The third-order valence-electron chi connectivity index (χ3n) is 5.44. The maximum Gasteiger partial charge on any atom is 0.0272 e. The van der Waals surface area contributed by atoms with Crippen LogP contribution in [0.5, 0.6) is 0 Å². The maximum atomic E-state index is 2.59. The monoisotopic (exact) mass is 288 g/mol. The smallest absolute Gasteiger partial charge is 0.0272 e. The van der Waals surface area contributed by atoms with Crippen molar-refractivity contribution in [2.45, 2.75) is 38.0 Å². The lowest BCUT2D eigenvalue weighted by atomic mass is 9.90. The molecule has 2 aromatic carbocycles. The van der Waals surface area contributed by atoms with Crippen LogP contribution in [-0.2, 0) is 0 Å². The van der Waals surface area contributed by atoms with E-state index in [-0.39, 0.29) is 0 Å². The van der Waals surface area contributed by atoms with Crippen LogP contribution < -0.4 is 0 Å². The van der Waals surface area contributed by atoms with Gasteiger partial charge in [0.2, 0.25) is 0 Å². The molecular formula is C22H24. The van der Waals surface area contributed by atoms with E-state index in [1.807, 2.05) is 0 Å². The zero-order valence-electron chi connectivity index (χ0n) is 13.1. The molecule has 2 atom stereocenters. The maximum absolute atomic E-state index is 2.59. The summed E-state index contributed by atoms with van der Waals surface area (Å²) < 4.78 is 0. The molecule has 0 heteroatoms. The lowest BCUT2D eigenvalue weighted by molar-refractivity contribution is 0.663. The van der Waals surface area contributed by atoms with Gasteiger partial charge in [0.25, 0.3) is 0 Å². The van der Waals surface area contributed by atoms with E-state index in [1.165, 1.54) is 43.2 Å². The molecule has 2 aliphatic rings. The predicted octanol–water partition coefficient (Wildman–Crippen LogP) is 5.96. The molecule has 0 N–H and O–H groups in total. The molecule has 0 amide bonds. The van der Waals surface area contributed by atoms with E-state index in [0.29, 0.717) is 5.92 Å². The van der Waals surface area contributed by atoms with Crippen molar-refractivity contribution in [2.75, 3.05) is 0 Å². The van der Waals surface area contributed by atoms with Crippen LogP contribution in [0.15, 0.2) is 72.3 Å². The van der Waals surface area contributed by atoms with Gasteiger partial charge in [0.1, 0.15) is 0 Å². The highest BCUT2D eigenvalue weighted by atomic mass is 14.5. The van der Waals surface area contributed by atoms with Crippen molar-refractivity contribution in [3.63, 3.8) is 0 Å². The number of fused-ring (bicyclic) bond motifs is 1. The second-order valence-electron chi connectivity index (χ2n) is 6.82. The van der Waals surface area contributed by atoms with E-state index in [1.54, 1.807) is 5.57 Å². The summed E-state index contributed by atoms with van der Waals surface area (Å²) in [5.41, 5.74) is 4.59. The molecule has 2 fully saturated rings. The average molecular weight is 288 g/mol. The highest BCUT2D eigenvalue weighted by Gasteiger charge is 2.43. The van der Waals surface area contributed by atoms with Gasteiger partial charge in [0, 0.05) is 5.92 Å². The molecular weight excluding hydrogens is 264 g/mol. The minimum Gasteiger partial charge on any atom is -0.0728 e. The number of rotatable bonds is 3. The zero-order chi connectivity index (χ0) is 14.8. The van der Waals surface area contributed by atoms with Crippen molar-refractivity contribution >= 4 is 0 Å². The Morgan fingerprint density at radius 1 is 0.682 bits per heavy atom. The van der Waals surface area contributed by atoms with Crippen LogP contribution in [0.25, 0.3) is 0 Å². The molecule has 0 nitrogen and oxygen atoms in total. The van der Waals surface area contributed by atoms with Crippen molar-refractivity contribution in [2.24, 2.45) is 11.8 Å². The highest BCUT2D eigenvalue weighted by molar-refractivity contribution is 5.42. The molecule has 0 unspecified atom stereocenters. The fourth-order valence-corrected chi connectivity index (χ4v) is 4.19. The summed E-state index contributed by atoms with van der Waals surface area (Å²) in [5.74, 6) is 2.22. The molecule has 0 bridgehead atoms. The zero-order valence-corrected chi connectivity index (χ0v) is 13.1. The van der Waals surface area contributed by atoms with Crippen LogP contribution in [-0.4, -0.2) is 0 Å². The van der Waals surface area contributed by atoms with E-state index in [2.05, 4.69) is 66.7 Å². The number of benzene rings is 2. The van der Waals surface area contributed by atoms with Gasteiger partial charge in [-0.1, -0.05) is 91.6 Å². The van der Waals surface area contributed by atoms with Crippen molar-refractivity contribution in [1.82, 2.24) is 0 Å². The first-order valence-corrected chi connectivity index (χ1v) is 8.75. The molecule has 0 aliphatic heterocycles. The van der Waals surface area contributed by atoms with Crippen molar-refractivity contribution in [1.29, 1.82) is 0 Å². The van der Waals surface area contributed by atoms with Crippen LogP contribution >= 0.6 is 0 Å². The van der Waals surface area contributed by atoms with Gasteiger partial charge in [-0.15, -0.1) is 0 Å². The standard InChI is InChI=1S/C22H24/c1-4-10-17(11-5-1)21(18-12-6-2-7-13-18)16-22-19-14-8-3-9-15-20(19)22/h1-2,4-7,10-13,16,19-21H,3,8-9,14-15H2/t19-,20+. The summed E-state index contributed by atoms with van der Waals surface area (Å²) in [6, 6.07) is 22.0. The molecule has 112 valence electrons. The van der Waals surface area contributed by atoms with E-state index >= 15 is 0 Å². The predicted molar refractivity (Wildman–Crippen MR) is 92.9 cm³/mol. The first kappa shape index (κ1) is 13.8. The molecule has 22 heavy (non-hydrogen) atoms. The Bertz CT molecular complexity index is 585. The second kappa shape index (κ2) is 6.12. The molecule has 4 rings (SSSR count). The third kappa shape index (κ3) is 2.75. The highest BCUT2D eigenvalue weighted by Crippen LogP contribution is 2.54. The first-order valence-electron chi connectivity index (χ1n) is 8.75. The summed E-state index contributed by atoms with van der Waals surface area (Å²) >= 11 is 0. The van der Waals surface area contributed by atoms with Gasteiger partial charge in [-0.05, 0) is 35.8 Å². The third-order valence-corrected chi connectivity index (χ3v) is 5.44. The Hall–Kier alpha value is -1.82. The van der Waals surface area contributed by atoms with Crippen molar-refractivity contribution in [3.05, 3.63) is 83.4 Å². The van der Waals surface area contributed by atoms with Gasteiger partial charge in [0.05, 0.1) is 0 Å². The van der Waals surface area contributed by atoms with Gasteiger partial charge < -0.3 is 0 Å². The Kier molecular flexibility index (Phi) is 3.84. The number of allylic oxidation sites excluding steroid dienone is 2. The van der Waals surface area contributed by atoms with E-state index in [4.69, 9.17) is 0 Å². The number of hydrogen-bond acceptors (Lipinski definition) is 0. The Balaban J connectivity index is 1.67. The topological polar surface area (TPSA) is 0 Å². The lowest BCUT2D eigenvalue weighted by Crippen LogP contribution is -1.97. The lowest BCUT2D eigenvalue weighted by Gasteiger charge is -2.14. The fourth-order valence-electron chi connectivity index (χ4n) is 4.19. The van der Waals surface area contributed by atoms with Gasteiger partial charge in [-0.25, -0.2) is 0 Å². The first-order chi connectivity index (χ1) is 10.9. The second-order valence-corrected chi connectivity index (χ2v) is 6.82. The average Bonchev–Trinajstić information content (AvgIpc) is 3.29. The Labute approximate surface area is 133 Å². The quantitative estimate of drug-likeness (QED) is 0.612. The number of hydrogen-bond donors (Lipinski definition) is 0. The SMILES string of the molecule is C(=C1[C@H]2CCCCC[C@@H]12)C(c1ccccc1)c1ccccc1. The van der Waals surface area contributed by atoms with Gasteiger partial charge >= 0.3 is 0 Å². The van der Waals surface area contributed by atoms with E-state index < -0.39 is 0 Å². The Morgan fingerprint density at radius 2 is 1.18 bits per heavy atom. The van der Waals surface area contributed by atoms with Gasteiger partial charge in [-0.2, -0.15) is 0 Å². The molecule has 0 radical (unpaired) electrons. The van der Waals surface area contributed by atoms with E-state index in [9.17, 15) is 0 Å². The van der Waals surface area contributed by atoms with Crippen LogP contribution in [0, 0.1) is 11.8 Å². The van der Waals surface area contributed by atoms with Crippen LogP contribution in [0.1, 0.15) is 49.1 Å². The molecule has 0 spiro atoms. The fraction of sp³-hybridized carbons (Fsp3) is 0.364. The van der Waals surface area contributed by atoms with Gasteiger partial charge in [-0.3, -0.25) is 0 Å². The largest absolute Gasteiger partial charge is 0.0728 e. The van der Waals surface area contributed by atoms with Crippen molar-refractivity contribution < 1.29 is 0 Å². The molecule has 2 aromatic rings.